The third kappa shape index (κ3) is 2.51. The zero-order valence-corrected chi connectivity index (χ0v) is 12.5. The molecule has 0 amide bonds. The highest BCUT2D eigenvalue weighted by atomic mass is 35.5. The minimum absolute atomic E-state index is 0.179. The van der Waals surface area contributed by atoms with Crippen molar-refractivity contribution in [1.82, 2.24) is 4.57 Å². The monoisotopic (exact) mass is 316 g/mol. The summed E-state index contributed by atoms with van der Waals surface area (Å²) < 4.78 is 3.47. The van der Waals surface area contributed by atoms with E-state index >= 15 is 0 Å². The second-order valence-electron chi connectivity index (χ2n) is 5.00. The van der Waals surface area contributed by atoms with Gasteiger partial charge in [0.15, 0.2) is 6.54 Å². The SMILES string of the molecule is Nc1n(CC(=O)O)c2ccccc2[n+]1Cc1ccccc1Cl. The maximum atomic E-state index is 11.1. The molecule has 0 saturated heterocycles. The van der Waals surface area contributed by atoms with E-state index in [4.69, 9.17) is 22.4 Å². The van der Waals surface area contributed by atoms with Crippen LogP contribution in [0.25, 0.3) is 11.0 Å². The normalized spacial score (nSPS) is 11.0. The average Bonchev–Trinajstić information content (AvgIpc) is 2.75. The maximum Gasteiger partial charge on any atom is 0.356 e. The predicted octanol–water partition coefficient (Wildman–Crippen LogP) is 2.30. The number of benzene rings is 2. The lowest BCUT2D eigenvalue weighted by atomic mass is 10.2. The van der Waals surface area contributed by atoms with Crippen molar-refractivity contribution in [2.24, 2.45) is 0 Å². The number of fused-ring (bicyclic) bond motifs is 1. The largest absolute Gasteiger partial charge is 0.479 e. The first-order valence-electron chi connectivity index (χ1n) is 6.79. The number of carboxylic acid groups (broad SMARTS) is 1. The van der Waals surface area contributed by atoms with Crippen LogP contribution in [0.1, 0.15) is 5.56 Å². The lowest BCUT2D eigenvalue weighted by Crippen LogP contribution is -2.37. The molecule has 0 saturated carbocycles. The summed E-state index contributed by atoms with van der Waals surface area (Å²) in [5.74, 6) is -0.541. The molecule has 0 atom stereocenters. The van der Waals surface area contributed by atoms with E-state index in [2.05, 4.69) is 0 Å². The molecule has 3 N–H and O–H groups in total. The number of anilines is 1. The smallest absolute Gasteiger partial charge is 0.356 e. The molecular weight excluding hydrogens is 302 g/mol. The van der Waals surface area contributed by atoms with E-state index in [1.165, 1.54) is 0 Å². The minimum Gasteiger partial charge on any atom is -0.479 e. The molecule has 5 nitrogen and oxygen atoms in total. The summed E-state index contributed by atoms with van der Waals surface area (Å²) in [7, 11) is 0. The Labute approximate surface area is 132 Å². The van der Waals surface area contributed by atoms with E-state index in [1.54, 1.807) is 4.57 Å². The molecule has 3 rings (SSSR count). The number of imidazole rings is 1. The topological polar surface area (TPSA) is 72.1 Å². The van der Waals surface area contributed by atoms with Crippen molar-refractivity contribution in [3.05, 3.63) is 59.1 Å². The van der Waals surface area contributed by atoms with Gasteiger partial charge in [0.1, 0.15) is 11.0 Å². The number of aromatic nitrogens is 2. The van der Waals surface area contributed by atoms with E-state index in [1.807, 2.05) is 53.1 Å². The second kappa shape index (κ2) is 5.69. The molecule has 2 aromatic carbocycles. The number of aliphatic carboxylic acids is 1. The number of carbonyl (C=O) groups is 1. The van der Waals surface area contributed by atoms with Crippen molar-refractivity contribution in [1.29, 1.82) is 0 Å². The summed E-state index contributed by atoms with van der Waals surface area (Å²) in [6.07, 6.45) is 0. The van der Waals surface area contributed by atoms with Crippen LogP contribution in [0.15, 0.2) is 48.5 Å². The van der Waals surface area contributed by atoms with Gasteiger partial charge < -0.3 is 5.11 Å². The number of hydrogen-bond acceptors (Lipinski definition) is 2. The Kier molecular flexibility index (Phi) is 3.73. The Morgan fingerprint density at radius 1 is 1.18 bits per heavy atom. The molecule has 1 heterocycles. The third-order valence-electron chi connectivity index (χ3n) is 3.60. The fourth-order valence-corrected chi connectivity index (χ4v) is 2.77. The van der Waals surface area contributed by atoms with E-state index in [0.29, 0.717) is 17.5 Å². The summed E-state index contributed by atoms with van der Waals surface area (Å²) in [6.45, 7) is 0.306. The highest BCUT2D eigenvalue weighted by Crippen LogP contribution is 2.19. The van der Waals surface area contributed by atoms with Gasteiger partial charge in [0.2, 0.25) is 0 Å². The molecule has 0 unspecified atom stereocenters. The summed E-state index contributed by atoms with van der Waals surface area (Å²) in [5, 5.41) is 9.74. The number of rotatable bonds is 4. The van der Waals surface area contributed by atoms with Crippen LogP contribution in [0, 0.1) is 0 Å². The summed E-state index contributed by atoms with van der Waals surface area (Å²) >= 11 is 6.21. The Bertz CT molecular complexity index is 858. The van der Waals surface area contributed by atoms with Gasteiger partial charge in [-0.15, -0.1) is 0 Å². The molecule has 1 aromatic heterocycles. The summed E-state index contributed by atoms with van der Waals surface area (Å²) in [4.78, 5) is 11.1. The quantitative estimate of drug-likeness (QED) is 0.725. The van der Waals surface area contributed by atoms with Crippen LogP contribution in [-0.4, -0.2) is 15.6 Å². The minimum atomic E-state index is -0.933. The van der Waals surface area contributed by atoms with Crippen molar-refractivity contribution in [3.8, 4) is 0 Å². The van der Waals surface area contributed by atoms with E-state index in [0.717, 1.165) is 16.6 Å². The lowest BCUT2D eigenvalue weighted by Gasteiger charge is -2.04. The lowest BCUT2D eigenvalue weighted by molar-refractivity contribution is -0.648. The molecule has 22 heavy (non-hydrogen) atoms. The van der Waals surface area contributed by atoms with Crippen molar-refractivity contribution < 1.29 is 14.5 Å². The molecule has 0 aliphatic carbocycles. The number of nitrogens with zero attached hydrogens (tertiary/aromatic N) is 2. The number of nitrogens with two attached hydrogens (primary N) is 1. The van der Waals surface area contributed by atoms with Gasteiger partial charge >= 0.3 is 11.9 Å². The molecule has 0 radical (unpaired) electrons. The van der Waals surface area contributed by atoms with Crippen LogP contribution in [0.4, 0.5) is 5.95 Å². The zero-order valence-electron chi connectivity index (χ0n) is 11.7. The van der Waals surface area contributed by atoms with Crippen LogP contribution in [0.2, 0.25) is 5.02 Å². The first-order valence-corrected chi connectivity index (χ1v) is 7.17. The first-order chi connectivity index (χ1) is 10.6. The average molecular weight is 317 g/mol. The molecule has 0 aliphatic heterocycles. The van der Waals surface area contributed by atoms with Gasteiger partial charge in [-0.25, -0.2) is 13.9 Å². The Morgan fingerprint density at radius 3 is 2.59 bits per heavy atom. The first kappa shape index (κ1) is 14.4. The van der Waals surface area contributed by atoms with Crippen LogP contribution in [-0.2, 0) is 17.9 Å². The van der Waals surface area contributed by atoms with Gasteiger partial charge in [-0.05, 0) is 18.2 Å². The molecule has 6 heteroatoms. The zero-order chi connectivity index (χ0) is 15.7. The predicted molar refractivity (Wildman–Crippen MR) is 84.7 cm³/mol. The van der Waals surface area contributed by atoms with Crippen LogP contribution < -0.4 is 10.3 Å². The van der Waals surface area contributed by atoms with E-state index in [-0.39, 0.29) is 6.54 Å². The third-order valence-corrected chi connectivity index (χ3v) is 3.96. The van der Waals surface area contributed by atoms with Crippen LogP contribution in [0.5, 0.6) is 0 Å². The second-order valence-corrected chi connectivity index (χ2v) is 5.41. The molecule has 0 bridgehead atoms. The number of nitrogen functional groups attached to an aromatic ring is 1. The van der Waals surface area contributed by atoms with Gasteiger partial charge in [0.05, 0.1) is 6.54 Å². The Balaban J connectivity index is 2.15. The van der Waals surface area contributed by atoms with Crippen LogP contribution >= 0.6 is 11.6 Å². The van der Waals surface area contributed by atoms with Crippen molar-refractivity contribution >= 4 is 34.6 Å². The summed E-state index contributed by atoms with van der Waals surface area (Å²) in [5.41, 5.74) is 8.77. The van der Waals surface area contributed by atoms with Crippen LogP contribution in [0.3, 0.4) is 0 Å². The fourth-order valence-electron chi connectivity index (χ4n) is 2.58. The summed E-state index contributed by atoms with van der Waals surface area (Å²) in [6, 6.07) is 15.1. The molecular formula is C16H15ClN3O2+. The van der Waals surface area contributed by atoms with Gasteiger partial charge in [0.25, 0.3) is 0 Å². The standard InChI is InChI=1S/C16H14ClN3O2/c17-12-6-2-1-5-11(12)9-19-13-7-3-4-8-14(13)20(16(19)18)10-15(21)22/h1-8,18H,9-10H2,(H,21,22)/p+1. The van der Waals surface area contributed by atoms with E-state index < -0.39 is 5.97 Å². The Morgan fingerprint density at radius 2 is 1.86 bits per heavy atom. The van der Waals surface area contributed by atoms with Gasteiger partial charge in [-0.3, -0.25) is 5.73 Å². The number of carboxylic acids is 1. The van der Waals surface area contributed by atoms with Crippen molar-refractivity contribution in [3.63, 3.8) is 0 Å². The highest BCUT2D eigenvalue weighted by molar-refractivity contribution is 6.31. The highest BCUT2D eigenvalue weighted by Gasteiger charge is 2.22. The number of para-hydroxylation sites is 2. The molecule has 3 aromatic rings. The molecule has 112 valence electrons. The Hall–Kier alpha value is -2.53. The van der Waals surface area contributed by atoms with Crippen molar-refractivity contribution in [2.45, 2.75) is 13.1 Å². The van der Waals surface area contributed by atoms with Gasteiger partial charge in [0, 0.05) is 10.6 Å². The number of hydrogen-bond donors (Lipinski definition) is 2. The number of halogens is 1. The molecule has 0 aliphatic rings. The fraction of sp³-hybridized carbons (Fsp3) is 0.125. The van der Waals surface area contributed by atoms with Gasteiger partial charge in [-0.1, -0.05) is 41.9 Å². The van der Waals surface area contributed by atoms with Crippen molar-refractivity contribution in [2.75, 3.05) is 5.73 Å². The molecule has 0 fully saturated rings. The van der Waals surface area contributed by atoms with Gasteiger partial charge in [-0.2, -0.15) is 0 Å². The maximum absolute atomic E-state index is 11.1. The molecule has 0 spiro atoms. The van der Waals surface area contributed by atoms with E-state index in [9.17, 15) is 4.79 Å².